The van der Waals surface area contributed by atoms with E-state index in [-0.39, 0.29) is 11.3 Å². The Morgan fingerprint density at radius 1 is 1.17 bits per heavy atom. The molecular weight excluding hydrogens is 441 g/mol. The Balaban J connectivity index is 1.69. The van der Waals surface area contributed by atoms with Gasteiger partial charge < -0.3 is 4.74 Å². The van der Waals surface area contributed by atoms with Gasteiger partial charge in [-0.05, 0) is 36.8 Å². The molecule has 0 saturated heterocycles. The first-order valence-electron chi connectivity index (χ1n) is 8.45. The summed E-state index contributed by atoms with van der Waals surface area (Å²) in [6, 6.07) is 10.6. The Morgan fingerprint density at radius 2 is 1.87 bits per heavy atom. The van der Waals surface area contributed by atoms with Crippen LogP contribution in [0.4, 0.5) is 13.2 Å². The molecule has 0 aliphatic heterocycles. The van der Waals surface area contributed by atoms with Crippen molar-refractivity contribution in [3.63, 3.8) is 0 Å². The minimum Gasteiger partial charge on any atom is -0.406 e. The Bertz CT molecular complexity index is 1160. The molecule has 11 heteroatoms. The van der Waals surface area contributed by atoms with E-state index in [0.717, 1.165) is 17.8 Å². The molecule has 0 spiro atoms. The number of carbonyl (C=O) groups excluding carboxylic acids is 1. The minimum absolute atomic E-state index is 0.102. The van der Waals surface area contributed by atoms with Crippen molar-refractivity contribution in [1.29, 1.82) is 0 Å². The molecule has 0 atom stereocenters. The molecule has 0 unspecified atom stereocenters. The highest BCUT2D eigenvalue weighted by molar-refractivity contribution is 7.90. The van der Waals surface area contributed by atoms with Crippen LogP contribution in [0.3, 0.4) is 0 Å². The fourth-order valence-electron chi connectivity index (χ4n) is 2.52. The third-order valence-corrected chi connectivity index (χ3v) is 6.16. The first-order valence-corrected chi connectivity index (χ1v) is 10.8. The number of amides is 1. The lowest BCUT2D eigenvalue weighted by atomic mass is 10.1. The van der Waals surface area contributed by atoms with E-state index in [2.05, 4.69) is 9.72 Å². The number of nitrogens with zero attached hydrogens (tertiary/aromatic N) is 1. The van der Waals surface area contributed by atoms with Crippen LogP contribution in [-0.2, 0) is 21.2 Å². The number of hydrogen-bond donors (Lipinski definition) is 1. The van der Waals surface area contributed by atoms with E-state index in [1.807, 2.05) is 17.0 Å². The summed E-state index contributed by atoms with van der Waals surface area (Å²) in [5.74, 6) is -1.26. The molecule has 2 aromatic carbocycles. The molecular formula is C19H15F3N2O4S2. The van der Waals surface area contributed by atoms with E-state index >= 15 is 0 Å². The van der Waals surface area contributed by atoms with Gasteiger partial charge in [-0.15, -0.1) is 24.5 Å². The summed E-state index contributed by atoms with van der Waals surface area (Å²) in [5, 5.41) is 2.49. The lowest BCUT2D eigenvalue weighted by Gasteiger charge is -2.10. The number of thiazole rings is 1. The second-order valence-electron chi connectivity index (χ2n) is 6.22. The van der Waals surface area contributed by atoms with Crippen LogP contribution in [0, 0.1) is 6.92 Å². The molecule has 0 aliphatic rings. The zero-order valence-corrected chi connectivity index (χ0v) is 17.1. The number of halogens is 3. The molecule has 1 heterocycles. The van der Waals surface area contributed by atoms with Gasteiger partial charge in [-0.3, -0.25) is 4.79 Å². The third kappa shape index (κ3) is 5.80. The van der Waals surface area contributed by atoms with Gasteiger partial charge in [0.05, 0.1) is 11.3 Å². The summed E-state index contributed by atoms with van der Waals surface area (Å²) < 4.78 is 67.3. The van der Waals surface area contributed by atoms with Crippen molar-refractivity contribution in [3.8, 4) is 16.3 Å². The van der Waals surface area contributed by atoms with Gasteiger partial charge in [-0.2, -0.15) is 0 Å². The molecule has 3 aromatic rings. The predicted molar refractivity (Wildman–Crippen MR) is 104 cm³/mol. The zero-order chi connectivity index (χ0) is 21.9. The summed E-state index contributed by atoms with van der Waals surface area (Å²) in [6.45, 7) is 1.82. The average molecular weight is 456 g/mol. The van der Waals surface area contributed by atoms with Crippen LogP contribution in [0.2, 0.25) is 0 Å². The SMILES string of the molecule is Cc1csc(-c2cccc(S(=O)(=O)NC(=O)Cc3ccc(OC(F)(F)F)cc3)c2)n1. The summed E-state index contributed by atoms with van der Waals surface area (Å²) in [4.78, 5) is 16.4. The molecule has 1 amide bonds. The number of nitrogens with one attached hydrogen (secondary N) is 1. The number of benzene rings is 2. The predicted octanol–water partition coefficient (Wildman–Crippen LogP) is 4.06. The number of hydrogen-bond acceptors (Lipinski definition) is 6. The van der Waals surface area contributed by atoms with Gasteiger partial charge in [0.2, 0.25) is 5.91 Å². The standard InChI is InChI=1S/C19H15F3N2O4S2/c1-12-11-29-18(23-12)14-3-2-4-16(10-14)30(26,27)24-17(25)9-13-5-7-15(8-6-13)28-19(20,21)22/h2-8,10-11H,9H2,1H3,(H,24,25). The Kier molecular flexibility index (Phi) is 6.13. The van der Waals surface area contributed by atoms with Crippen molar-refractivity contribution in [3.05, 3.63) is 65.2 Å². The highest BCUT2D eigenvalue weighted by atomic mass is 32.2. The van der Waals surface area contributed by atoms with Gasteiger partial charge in [0.25, 0.3) is 10.0 Å². The average Bonchev–Trinajstić information content (AvgIpc) is 3.08. The molecule has 0 bridgehead atoms. The van der Waals surface area contributed by atoms with Crippen molar-refractivity contribution in [2.75, 3.05) is 0 Å². The Labute approximate surface area is 174 Å². The molecule has 1 aromatic heterocycles. The number of sulfonamides is 1. The second kappa shape index (κ2) is 8.44. The van der Waals surface area contributed by atoms with E-state index < -0.39 is 28.0 Å². The monoisotopic (exact) mass is 456 g/mol. The first-order chi connectivity index (χ1) is 14.0. The number of rotatable bonds is 6. The largest absolute Gasteiger partial charge is 0.573 e. The molecule has 30 heavy (non-hydrogen) atoms. The molecule has 158 valence electrons. The van der Waals surface area contributed by atoms with Crippen LogP contribution < -0.4 is 9.46 Å². The molecule has 0 aliphatic carbocycles. The van der Waals surface area contributed by atoms with Gasteiger partial charge >= 0.3 is 6.36 Å². The van der Waals surface area contributed by atoms with Crippen LogP contribution >= 0.6 is 11.3 Å². The summed E-state index contributed by atoms with van der Waals surface area (Å²) in [6.07, 6.45) is -5.16. The van der Waals surface area contributed by atoms with E-state index in [0.29, 0.717) is 16.1 Å². The van der Waals surface area contributed by atoms with Crippen LogP contribution in [0.5, 0.6) is 5.75 Å². The fraction of sp³-hybridized carbons (Fsp3) is 0.158. The Hall–Kier alpha value is -2.92. The lowest BCUT2D eigenvalue weighted by Crippen LogP contribution is -2.31. The zero-order valence-electron chi connectivity index (χ0n) is 15.4. The summed E-state index contributed by atoms with van der Waals surface area (Å²) in [5.41, 5.74) is 1.73. The third-order valence-electron chi connectivity index (χ3n) is 3.78. The molecule has 0 radical (unpaired) electrons. The normalized spacial score (nSPS) is 11.9. The number of ether oxygens (including phenoxy) is 1. The maximum atomic E-state index is 12.5. The van der Waals surface area contributed by atoms with Crippen molar-refractivity contribution in [2.24, 2.45) is 0 Å². The first kappa shape index (κ1) is 21.8. The molecule has 0 fully saturated rings. The van der Waals surface area contributed by atoms with Gasteiger partial charge in [0, 0.05) is 16.6 Å². The van der Waals surface area contributed by atoms with Crippen LogP contribution in [0.1, 0.15) is 11.3 Å². The minimum atomic E-state index is -4.82. The molecule has 3 rings (SSSR count). The van der Waals surface area contributed by atoms with Crippen molar-refractivity contribution < 1.29 is 31.1 Å². The molecule has 6 nitrogen and oxygen atoms in total. The summed E-state index contributed by atoms with van der Waals surface area (Å²) >= 11 is 1.37. The quantitative estimate of drug-likeness (QED) is 0.605. The van der Waals surface area contributed by atoms with E-state index in [9.17, 15) is 26.4 Å². The van der Waals surface area contributed by atoms with E-state index in [4.69, 9.17) is 0 Å². The van der Waals surface area contributed by atoms with Crippen molar-refractivity contribution >= 4 is 27.3 Å². The van der Waals surface area contributed by atoms with Crippen LogP contribution in [0.15, 0.2) is 58.8 Å². The second-order valence-corrected chi connectivity index (χ2v) is 8.76. The van der Waals surface area contributed by atoms with E-state index in [1.54, 1.807) is 12.1 Å². The van der Waals surface area contributed by atoms with E-state index in [1.165, 1.54) is 35.6 Å². The number of aromatic nitrogens is 1. The molecule has 1 N–H and O–H groups in total. The fourth-order valence-corrected chi connectivity index (χ4v) is 4.35. The summed E-state index contributed by atoms with van der Waals surface area (Å²) in [7, 11) is -4.13. The number of alkyl halides is 3. The van der Waals surface area contributed by atoms with Gasteiger partial charge in [0.1, 0.15) is 10.8 Å². The molecule has 0 saturated carbocycles. The number of carbonyl (C=O) groups is 1. The topological polar surface area (TPSA) is 85.4 Å². The Morgan fingerprint density at radius 3 is 2.47 bits per heavy atom. The highest BCUT2D eigenvalue weighted by Crippen LogP contribution is 2.26. The van der Waals surface area contributed by atoms with Crippen molar-refractivity contribution in [2.45, 2.75) is 24.6 Å². The lowest BCUT2D eigenvalue weighted by molar-refractivity contribution is -0.274. The van der Waals surface area contributed by atoms with Gasteiger partial charge in [-0.25, -0.2) is 18.1 Å². The van der Waals surface area contributed by atoms with Crippen LogP contribution in [0.25, 0.3) is 10.6 Å². The van der Waals surface area contributed by atoms with Crippen LogP contribution in [-0.4, -0.2) is 25.7 Å². The van der Waals surface area contributed by atoms with Gasteiger partial charge in [0.15, 0.2) is 0 Å². The maximum Gasteiger partial charge on any atom is 0.573 e. The number of aryl methyl sites for hydroxylation is 1. The van der Waals surface area contributed by atoms with Gasteiger partial charge in [-0.1, -0.05) is 24.3 Å². The highest BCUT2D eigenvalue weighted by Gasteiger charge is 2.31. The maximum absolute atomic E-state index is 12.5. The smallest absolute Gasteiger partial charge is 0.406 e. The van der Waals surface area contributed by atoms with Crippen molar-refractivity contribution in [1.82, 2.24) is 9.71 Å².